The number of allylic oxidation sites excluding steroid dienone is 2. The first kappa shape index (κ1) is 26.9. The van der Waals surface area contributed by atoms with Crippen molar-refractivity contribution in [1.82, 2.24) is 0 Å². The van der Waals surface area contributed by atoms with Gasteiger partial charge in [-0.3, -0.25) is 4.79 Å². The molecule has 4 nitrogen and oxygen atoms in total. The second kappa shape index (κ2) is 9.01. The van der Waals surface area contributed by atoms with Crippen molar-refractivity contribution in [3.63, 3.8) is 0 Å². The molecule has 4 rings (SSSR count). The normalized spacial score (nSPS) is 41.9. The Morgan fingerprint density at radius 2 is 1.71 bits per heavy atom. The molecule has 0 saturated heterocycles. The second-order valence-electron chi connectivity index (χ2n) is 13.8. The van der Waals surface area contributed by atoms with E-state index in [1.165, 1.54) is 7.11 Å². The van der Waals surface area contributed by atoms with E-state index in [1.807, 2.05) is 6.92 Å². The lowest BCUT2D eigenvalue weighted by atomic mass is 9.43. The highest BCUT2D eigenvalue weighted by Gasteiger charge is 2.64. The zero-order chi connectivity index (χ0) is 26.0. The van der Waals surface area contributed by atoms with E-state index in [0.29, 0.717) is 18.8 Å². The topological polar surface area (TPSA) is 66.8 Å². The number of fused-ring (bicyclic) bond motifs is 4. The number of carbonyl (C=O) groups is 1. The zero-order valence-corrected chi connectivity index (χ0v) is 23.4. The summed E-state index contributed by atoms with van der Waals surface area (Å²) < 4.78 is 5.32. The van der Waals surface area contributed by atoms with Gasteiger partial charge in [0.15, 0.2) is 0 Å². The maximum absolute atomic E-state index is 13.1. The maximum atomic E-state index is 13.1. The van der Waals surface area contributed by atoms with Gasteiger partial charge in [0.05, 0.1) is 25.2 Å². The molecule has 0 aromatic heterocycles. The van der Waals surface area contributed by atoms with Gasteiger partial charge in [-0.2, -0.15) is 0 Å². The number of carbonyl (C=O) groups excluding carboxylic acids is 1. The Kier molecular flexibility index (Phi) is 6.93. The van der Waals surface area contributed by atoms with E-state index in [-0.39, 0.29) is 45.6 Å². The van der Waals surface area contributed by atoms with Crippen LogP contribution < -0.4 is 0 Å². The number of ether oxygens (including phenoxy) is 1. The van der Waals surface area contributed by atoms with Crippen LogP contribution in [0.5, 0.6) is 0 Å². The molecule has 0 aliphatic heterocycles. The van der Waals surface area contributed by atoms with Gasteiger partial charge in [0.2, 0.25) is 0 Å². The first-order chi connectivity index (χ1) is 16.2. The summed E-state index contributed by atoms with van der Waals surface area (Å²) in [6.45, 7) is 17.7. The molecule has 2 saturated carbocycles. The maximum Gasteiger partial charge on any atom is 0.308 e. The highest BCUT2D eigenvalue weighted by atomic mass is 16.5. The molecule has 4 aliphatic rings. The lowest BCUT2D eigenvalue weighted by Crippen LogP contribution is -2.55. The van der Waals surface area contributed by atoms with E-state index in [1.54, 1.807) is 11.1 Å². The van der Waals surface area contributed by atoms with Gasteiger partial charge >= 0.3 is 5.97 Å². The fourth-order valence-electron chi connectivity index (χ4n) is 9.58. The standard InChI is InChI=1S/C31H50O4/c1-19(2)24(32)11-9-20(27(34)35-8)21-13-17-31(7)23-10-12-25-28(3,4)26(33)15-16-29(25,5)22(23)14-18-30(21,31)6/h20-21,24-26,32-33H,1,9-18H2,2-8H3. The molecule has 198 valence electrons. The summed E-state index contributed by atoms with van der Waals surface area (Å²) in [5, 5.41) is 21.2. The van der Waals surface area contributed by atoms with Crippen molar-refractivity contribution in [3.8, 4) is 0 Å². The molecule has 8 unspecified atom stereocenters. The predicted octanol–water partition coefficient (Wildman–Crippen LogP) is 6.60. The van der Waals surface area contributed by atoms with Crippen molar-refractivity contribution in [3.05, 3.63) is 23.3 Å². The van der Waals surface area contributed by atoms with Crippen LogP contribution >= 0.6 is 0 Å². The number of esters is 1. The largest absolute Gasteiger partial charge is 0.469 e. The van der Waals surface area contributed by atoms with Crippen molar-refractivity contribution in [2.45, 2.75) is 118 Å². The summed E-state index contributed by atoms with van der Waals surface area (Å²) in [4.78, 5) is 13.1. The predicted molar refractivity (Wildman–Crippen MR) is 141 cm³/mol. The van der Waals surface area contributed by atoms with E-state index in [4.69, 9.17) is 4.74 Å². The van der Waals surface area contributed by atoms with Crippen LogP contribution in [0.2, 0.25) is 0 Å². The average Bonchev–Trinajstić information content (AvgIpc) is 3.08. The fourth-order valence-corrected chi connectivity index (χ4v) is 9.58. The third-order valence-electron chi connectivity index (χ3n) is 12.1. The molecule has 4 heteroatoms. The van der Waals surface area contributed by atoms with Crippen LogP contribution in [0.15, 0.2) is 23.3 Å². The van der Waals surface area contributed by atoms with Crippen LogP contribution in [0.3, 0.4) is 0 Å². The average molecular weight is 487 g/mol. The fraction of sp³-hybridized carbons (Fsp3) is 0.839. The summed E-state index contributed by atoms with van der Waals surface area (Å²) in [5.41, 5.74) is 4.41. The number of methoxy groups -OCH3 is 1. The smallest absolute Gasteiger partial charge is 0.308 e. The van der Waals surface area contributed by atoms with Gasteiger partial charge in [-0.1, -0.05) is 57.9 Å². The third kappa shape index (κ3) is 3.88. The molecule has 2 fully saturated rings. The van der Waals surface area contributed by atoms with Gasteiger partial charge in [0.25, 0.3) is 0 Å². The number of aliphatic hydroxyl groups excluding tert-OH is 2. The summed E-state index contributed by atoms with van der Waals surface area (Å²) >= 11 is 0. The summed E-state index contributed by atoms with van der Waals surface area (Å²) in [6.07, 6.45) is 9.06. The van der Waals surface area contributed by atoms with E-state index in [9.17, 15) is 15.0 Å². The van der Waals surface area contributed by atoms with Crippen molar-refractivity contribution in [1.29, 1.82) is 0 Å². The Bertz CT molecular complexity index is 902. The van der Waals surface area contributed by atoms with Crippen LogP contribution in [-0.4, -0.2) is 35.5 Å². The highest BCUT2D eigenvalue weighted by Crippen LogP contribution is 2.72. The van der Waals surface area contributed by atoms with Crippen molar-refractivity contribution in [2.75, 3.05) is 7.11 Å². The SMILES string of the molecule is C=C(C)C(O)CCC(C(=O)OC)C1CCC2(C)C3=C(CCC12C)C1(C)CCC(O)C(C)(C)C1CC3. The molecule has 35 heavy (non-hydrogen) atoms. The van der Waals surface area contributed by atoms with Gasteiger partial charge in [-0.15, -0.1) is 0 Å². The lowest BCUT2D eigenvalue weighted by Gasteiger charge is -2.62. The van der Waals surface area contributed by atoms with Crippen LogP contribution in [0, 0.1) is 39.4 Å². The molecule has 0 aromatic carbocycles. The van der Waals surface area contributed by atoms with Crippen molar-refractivity contribution in [2.24, 2.45) is 39.4 Å². The van der Waals surface area contributed by atoms with Crippen LogP contribution in [-0.2, 0) is 9.53 Å². The minimum atomic E-state index is -0.566. The second-order valence-corrected chi connectivity index (χ2v) is 13.8. The Morgan fingerprint density at radius 1 is 1.03 bits per heavy atom. The van der Waals surface area contributed by atoms with Crippen molar-refractivity contribution < 1.29 is 19.7 Å². The van der Waals surface area contributed by atoms with Gasteiger partial charge in [-0.05, 0) is 105 Å². The first-order valence-corrected chi connectivity index (χ1v) is 14.1. The number of hydrogen-bond donors (Lipinski definition) is 2. The van der Waals surface area contributed by atoms with Crippen LogP contribution in [0.4, 0.5) is 0 Å². The number of rotatable bonds is 6. The molecular formula is C31H50O4. The molecule has 4 aliphatic carbocycles. The van der Waals surface area contributed by atoms with E-state index in [2.05, 4.69) is 41.2 Å². The molecule has 0 spiro atoms. The Labute approximate surface area is 213 Å². The molecule has 0 amide bonds. The minimum absolute atomic E-state index is 0.0474. The molecule has 0 heterocycles. The van der Waals surface area contributed by atoms with Crippen LogP contribution in [0.1, 0.15) is 106 Å². The lowest BCUT2D eigenvalue weighted by molar-refractivity contribution is -0.150. The summed E-state index contributed by atoms with van der Waals surface area (Å²) in [7, 11) is 1.50. The number of hydrogen-bond acceptors (Lipinski definition) is 4. The van der Waals surface area contributed by atoms with E-state index in [0.717, 1.165) is 56.9 Å². The minimum Gasteiger partial charge on any atom is -0.469 e. The van der Waals surface area contributed by atoms with Crippen LogP contribution in [0.25, 0.3) is 0 Å². The van der Waals surface area contributed by atoms with E-state index < -0.39 is 6.10 Å². The van der Waals surface area contributed by atoms with Crippen molar-refractivity contribution >= 4 is 5.97 Å². The molecule has 8 atom stereocenters. The van der Waals surface area contributed by atoms with Gasteiger partial charge in [0.1, 0.15) is 0 Å². The monoisotopic (exact) mass is 486 g/mol. The Hall–Kier alpha value is -1.13. The molecule has 0 radical (unpaired) electrons. The van der Waals surface area contributed by atoms with E-state index >= 15 is 0 Å². The zero-order valence-electron chi connectivity index (χ0n) is 23.4. The number of aliphatic hydroxyl groups is 2. The van der Waals surface area contributed by atoms with Gasteiger partial charge in [0, 0.05) is 0 Å². The molecular weight excluding hydrogens is 436 g/mol. The highest BCUT2D eigenvalue weighted by molar-refractivity contribution is 5.73. The first-order valence-electron chi connectivity index (χ1n) is 14.1. The molecule has 0 bridgehead atoms. The third-order valence-corrected chi connectivity index (χ3v) is 12.1. The Morgan fingerprint density at radius 3 is 2.34 bits per heavy atom. The molecule has 2 N–H and O–H groups in total. The van der Waals surface area contributed by atoms with Gasteiger partial charge in [-0.25, -0.2) is 0 Å². The summed E-state index contributed by atoms with van der Waals surface area (Å²) in [6, 6.07) is 0. The Balaban J connectivity index is 1.68. The summed E-state index contributed by atoms with van der Waals surface area (Å²) in [5.74, 6) is 0.488. The molecule has 0 aromatic rings. The quantitative estimate of drug-likeness (QED) is 0.328. The van der Waals surface area contributed by atoms with Gasteiger partial charge < -0.3 is 14.9 Å².